The fourth-order valence-electron chi connectivity index (χ4n) is 3.67. The van der Waals surface area contributed by atoms with E-state index in [9.17, 15) is 4.79 Å². The Labute approximate surface area is 179 Å². The van der Waals surface area contributed by atoms with Crippen LogP contribution in [0, 0.1) is 13.8 Å². The van der Waals surface area contributed by atoms with Crippen molar-refractivity contribution >= 4 is 17.6 Å². The van der Waals surface area contributed by atoms with Gasteiger partial charge in [-0.05, 0) is 32.9 Å². The molecule has 1 aliphatic heterocycles. The first-order valence-corrected chi connectivity index (χ1v) is 10.6. The molecule has 1 aromatic heterocycles. The molecule has 0 bridgehead atoms. The van der Waals surface area contributed by atoms with E-state index in [-0.39, 0.29) is 12.5 Å². The average Bonchev–Trinajstić information content (AvgIpc) is 3.01. The smallest absolute Gasteiger partial charge is 0.242 e. The highest BCUT2D eigenvalue weighted by molar-refractivity contribution is 5.86. The van der Waals surface area contributed by atoms with E-state index < -0.39 is 0 Å². The fourth-order valence-corrected chi connectivity index (χ4v) is 3.67. The Balaban J connectivity index is 1.51. The highest BCUT2D eigenvalue weighted by Crippen LogP contribution is 2.15. The molecular formula is C22H33N7O. The summed E-state index contributed by atoms with van der Waals surface area (Å²) in [6.07, 6.45) is 0. The van der Waals surface area contributed by atoms with E-state index in [1.54, 1.807) is 0 Å². The number of guanidine groups is 1. The van der Waals surface area contributed by atoms with Crippen molar-refractivity contribution in [1.82, 2.24) is 25.3 Å². The van der Waals surface area contributed by atoms with Crippen LogP contribution in [0.4, 0.5) is 5.69 Å². The van der Waals surface area contributed by atoms with Gasteiger partial charge in [-0.15, -0.1) is 0 Å². The lowest BCUT2D eigenvalue weighted by Crippen LogP contribution is -2.52. The molecule has 1 fully saturated rings. The van der Waals surface area contributed by atoms with E-state index in [1.807, 2.05) is 55.6 Å². The maximum absolute atomic E-state index is 12.7. The summed E-state index contributed by atoms with van der Waals surface area (Å²) in [7, 11) is 1.94. The number of hydrogen-bond acceptors (Lipinski definition) is 4. The number of aliphatic imine (C=N–C) groups is 1. The highest BCUT2D eigenvalue weighted by atomic mass is 16.2. The molecular weight excluding hydrogens is 378 g/mol. The van der Waals surface area contributed by atoms with Gasteiger partial charge in [-0.2, -0.15) is 5.10 Å². The van der Waals surface area contributed by atoms with E-state index in [1.165, 1.54) is 5.69 Å². The zero-order valence-corrected chi connectivity index (χ0v) is 18.5. The molecule has 0 spiro atoms. The summed E-state index contributed by atoms with van der Waals surface area (Å²) in [5.74, 6) is 0.749. The standard InChI is InChI=1S/C22H33N7O/c1-5-23-22(24-15-20-17(2)26-27(4)18(20)3)25-16-21(30)29-13-11-28(12-14-29)19-9-7-6-8-10-19/h6-10H,5,11-16H2,1-4H3,(H2,23,24,25). The lowest BCUT2D eigenvalue weighted by atomic mass is 10.2. The SMILES string of the molecule is CCNC(=NCc1c(C)nn(C)c1C)NCC(=O)N1CCN(c2ccccc2)CC1. The van der Waals surface area contributed by atoms with E-state index >= 15 is 0 Å². The fraction of sp³-hybridized carbons (Fsp3) is 0.500. The lowest BCUT2D eigenvalue weighted by molar-refractivity contribution is -0.130. The van der Waals surface area contributed by atoms with E-state index in [4.69, 9.17) is 0 Å². The van der Waals surface area contributed by atoms with Gasteiger partial charge in [0.15, 0.2) is 5.96 Å². The second-order valence-electron chi connectivity index (χ2n) is 7.53. The van der Waals surface area contributed by atoms with E-state index in [0.29, 0.717) is 12.5 Å². The van der Waals surface area contributed by atoms with Crippen LogP contribution >= 0.6 is 0 Å². The number of anilines is 1. The first kappa shape index (κ1) is 21.7. The number of benzene rings is 1. The number of nitrogens with one attached hydrogen (secondary N) is 2. The van der Waals surface area contributed by atoms with Crippen LogP contribution in [0.2, 0.25) is 0 Å². The minimum absolute atomic E-state index is 0.0991. The van der Waals surface area contributed by atoms with Crippen molar-refractivity contribution in [2.24, 2.45) is 12.0 Å². The Morgan fingerprint density at radius 3 is 2.40 bits per heavy atom. The van der Waals surface area contributed by atoms with Gasteiger partial charge in [0.2, 0.25) is 5.91 Å². The van der Waals surface area contributed by atoms with Crippen molar-refractivity contribution in [2.75, 3.05) is 44.2 Å². The predicted octanol–water partition coefficient (Wildman–Crippen LogP) is 1.44. The quantitative estimate of drug-likeness (QED) is 0.556. The third-order valence-electron chi connectivity index (χ3n) is 5.56. The van der Waals surface area contributed by atoms with Gasteiger partial charge in [-0.25, -0.2) is 4.99 Å². The Kier molecular flexibility index (Phi) is 7.32. The number of rotatable bonds is 6. The molecule has 0 saturated carbocycles. The maximum atomic E-state index is 12.7. The summed E-state index contributed by atoms with van der Waals surface area (Å²) in [5.41, 5.74) is 4.43. The summed E-state index contributed by atoms with van der Waals surface area (Å²) in [4.78, 5) is 21.6. The summed E-state index contributed by atoms with van der Waals surface area (Å²) in [5, 5.41) is 10.8. The second-order valence-corrected chi connectivity index (χ2v) is 7.53. The molecule has 0 atom stereocenters. The number of aromatic nitrogens is 2. The molecule has 1 aliphatic rings. The number of aryl methyl sites for hydroxylation is 2. The molecule has 2 aromatic rings. The molecule has 3 rings (SSSR count). The first-order chi connectivity index (χ1) is 14.5. The molecule has 0 unspecified atom stereocenters. The van der Waals surface area contributed by atoms with Crippen LogP contribution in [0.5, 0.6) is 0 Å². The van der Waals surface area contributed by atoms with Crippen LogP contribution in [-0.2, 0) is 18.4 Å². The molecule has 8 heteroatoms. The number of piperazine rings is 1. The molecule has 162 valence electrons. The second kappa shape index (κ2) is 10.1. The number of carbonyl (C=O) groups is 1. The minimum Gasteiger partial charge on any atom is -0.368 e. The van der Waals surface area contributed by atoms with Crippen molar-refractivity contribution in [3.05, 3.63) is 47.3 Å². The van der Waals surface area contributed by atoms with Gasteiger partial charge in [0.25, 0.3) is 0 Å². The van der Waals surface area contributed by atoms with Crippen LogP contribution in [0.25, 0.3) is 0 Å². The van der Waals surface area contributed by atoms with E-state index in [2.05, 4.69) is 37.8 Å². The number of nitrogens with zero attached hydrogens (tertiary/aromatic N) is 5. The molecule has 30 heavy (non-hydrogen) atoms. The Bertz CT molecular complexity index is 867. The summed E-state index contributed by atoms with van der Waals surface area (Å²) >= 11 is 0. The van der Waals surface area contributed by atoms with Crippen molar-refractivity contribution in [1.29, 1.82) is 0 Å². The molecule has 0 radical (unpaired) electrons. The van der Waals surface area contributed by atoms with Gasteiger partial charge in [-0.1, -0.05) is 18.2 Å². The monoisotopic (exact) mass is 411 g/mol. The molecule has 1 aromatic carbocycles. The first-order valence-electron chi connectivity index (χ1n) is 10.6. The molecule has 2 heterocycles. The van der Waals surface area contributed by atoms with Crippen molar-refractivity contribution in [2.45, 2.75) is 27.3 Å². The summed E-state index contributed by atoms with van der Waals surface area (Å²) in [6, 6.07) is 10.4. The molecule has 2 N–H and O–H groups in total. The maximum Gasteiger partial charge on any atom is 0.242 e. The number of para-hydroxylation sites is 1. The van der Waals surface area contributed by atoms with Crippen LogP contribution < -0.4 is 15.5 Å². The van der Waals surface area contributed by atoms with Crippen LogP contribution in [-0.4, -0.2) is 65.8 Å². The van der Waals surface area contributed by atoms with Gasteiger partial charge >= 0.3 is 0 Å². The highest BCUT2D eigenvalue weighted by Gasteiger charge is 2.21. The minimum atomic E-state index is 0.0991. The van der Waals surface area contributed by atoms with Crippen molar-refractivity contribution in [3.8, 4) is 0 Å². The largest absolute Gasteiger partial charge is 0.368 e. The van der Waals surface area contributed by atoms with Gasteiger partial charge < -0.3 is 20.4 Å². The Morgan fingerprint density at radius 1 is 1.10 bits per heavy atom. The number of carbonyl (C=O) groups excluding carboxylic acids is 1. The zero-order chi connectivity index (χ0) is 21.5. The zero-order valence-electron chi connectivity index (χ0n) is 18.5. The predicted molar refractivity (Wildman–Crippen MR) is 121 cm³/mol. The molecule has 8 nitrogen and oxygen atoms in total. The molecule has 0 aliphatic carbocycles. The summed E-state index contributed by atoms with van der Waals surface area (Å²) in [6.45, 7) is 10.7. The van der Waals surface area contributed by atoms with Crippen LogP contribution in [0.1, 0.15) is 23.9 Å². The van der Waals surface area contributed by atoms with Crippen molar-refractivity contribution < 1.29 is 4.79 Å². The van der Waals surface area contributed by atoms with Gasteiger partial charge in [-0.3, -0.25) is 9.48 Å². The summed E-state index contributed by atoms with van der Waals surface area (Å²) < 4.78 is 1.87. The lowest BCUT2D eigenvalue weighted by Gasteiger charge is -2.36. The molecule has 1 amide bonds. The van der Waals surface area contributed by atoms with Gasteiger partial charge in [0, 0.05) is 56.7 Å². The third kappa shape index (κ3) is 5.31. The Morgan fingerprint density at radius 2 is 1.80 bits per heavy atom. The van der Waals surface area contributed by atoms with Crippen molar-refractivity contribution in [3.63, 3.8) is 0 Å². The van der Waals surface area contributed by atoms with E-state index in [0.717, 1.165) is 49.7 Å². The normalized spacial score (nSPS) is 14.7. The van der Waals surface area contributed by atoms with Crippen LogP contribution in [0.3, 0.4) is 0 Å². The third-order valence-corrected chi connectivity index (χ3v) is 5.56. The topological polar surface area (TPSA) is 77.8 Å². The Hall–Kier alpha value is -3.03. The van der Waals surface area contributed by atoms with Gasteiger partial charge in [0.05, 0.1) is 18.8 Å². The number of hydrogen-bond donors (Lipinski definition) is 2. The average molecular weight is 412 g/mol. The van der Waals surface area contributed by atoms with Crippen LogP contribution in [0.15, 0.2) is 35.3 Å². The number of amides is 1. The molecule has 1 saturated heterocycles. The van der Waals surface area contributed by atoms with Gasteiger partial charge in [0.1, 0.15) is 0 Å².